The van der Waals surface area contributed by atoms with Crippen molar-refractivity contribution in [2.45, 2.75) is 25.0 Å². The van der Waals surface area contributed by atoms with Crippen molar-refractivity contribution in [1.82, 2.24) is 4.31 Å². The summed E-state index contributed by atoms with van der Waals surface area (Å²) in [6, 6.07) is 8.64. The number of benzene rings is 1. The van der Waals surface area contributed by atoms with Gasteiger partial charge in [0.25, 0.3) is 0 Å². The number of aryl methyl sites for hydroxylation is 1. The molecule has 2 aromatic rings. The lowest BCUT2D eigenvalue weighted by Crippen LogP contribution is -2.26. The molecule has 0 bridgehead atoms. The van der Waals surface area contributed by atoms with E-state index in [1.807, 2.05) is 24.4 Å². The van der Waals surface area contributed by atoms with Crippen molar-refractivity contribution >= 4 is 21.4 Å². The van der Waals surface area contributed by atoms with Gasteiger partial charge in [0, 0.05) is 18.5 Å². The third kappa shape index (κ3) is 3.09. The highest BCUT2D eigenvalue weighted by Gasteiger charge is 2.21. The molecule has 0 amide bonds. The highest BCUT2D eigenvalue weighted by Crippen LogP contribution is 2.21. The number of thiophene rings is 1. The summed E-state index contributed by atoms with van der Waals surface area (Å²) in [4.78, 5) is 1.21. The van der Waals surface area contributed by atoms with Crippen LogP contribution < -0.4 is 0 Å². The average Bonchev–Trinajstić information content (AvgIpc) is 2.91. The van der Waals surface area contributed by atoms with E-state index in [0.29, 0.717) is 12.1 Å². The Bertz CT molecular complexity index is 678. The van der Waals surface area contributed by atoms with Crippen LogP contribution in [0, 0.1) is 6.92 Å². The number of nitrogens with zero attached hydrogens (tertiary/aromatic N) is 1. The van der Waals surface area contributed by atoms with Crippen LogP contribution in [0.15, 0.2) is 40.6 Å². The maximum absolute atomic E-state index is 12.5. The smallest absolute Gasteiger partial charge is 0.243 e. The molecule has 0 atom stereocenters. The largest absolute Gasteiger partial charge is 0.392 e. The van der Waals surface area contributed by atoms with Gasteiger partial charge in [-0.25, -0.2) is 8.42 Å². The molecule has 0 aliphatic rings. The average molecular weight is 311 g/mol. The normalized spacial score (nSPS) is 12.0. The Morgan fingerprint density at radius 1 is 1.30 bits per heavy atom. The van der Waals surface area contributed by atoms with Crippen LogP contribution in [0.4, 0.5) is 0 Å². The first kappa shape index (κ1) is 15.2. The summed E-state index contributed by atoms with van der Waals surface area (Å²) in [6.45, 7) is 2.03. The molecule has 2 rings (SSSR count). The van der Waals surface area contributed by atoms with Gasteiger partial charge in [-0.2, -0.15) is 4.31 Å². The SMILES string of the molecule is Cc1ccc(S(=O)(=O)N(C)Cc2cccs2)cc1CO. The Hall–Kier alpha value is -1.21. The Morgan fingerprint density at radius 2 is 2.05 bits per heavy atom. The zero-order valence-electron chi connectivity index (χ0n) is 11.4. The Balaban J connectivity index is 2.29. The highest BCUT2D eigenvalue weighted by molar-refractivity contribution is 7.89. The molecule has 1 aromatic carbocycles. The third-order valence-electron chi connectivity index (χ3n) is 3.16. The van der Waals surface area contributed by atoms with Gasteiger partial charge in [0.05, 0.1) is 11.5 Å². The summed E-state index contributed by atoms with van der Waals surface area (Å²) in [5, 5.41) is 11.2. The minimum absolute atomic E-state index is 0.163. The van der Waals surface area contributed by atoms with Gasteiger partial charge in [0.2, 0.25) is 10.0 Å². The molecule has 1 heterocycles. The summed E-state index contributed by atoms with van der Waals surface area (Å²) in [5.41, 5.74) is 1.52. The minimum atomic E-state index is -3.54. The number of hydrogen-bond acceptors (Lipinski definition) is 4. The lowest BCUT2D eigenvalue weighted by Gasteiger charge is -2.17. The van der Waals surface area contributed by atoms with Crippen molar-refractivity contribution in [2.24, 2.45) is 0 Å². The van der Waals surface area contributed by atoms with E-state index in [4.69, 9.17) is 0 Å². The van der Waals surface area contributed by atoms with E-state index >= 15 is 0 Å². The minimum Gasteiger partial charge on any atom is -0.392 e. The Labute approximate surface area is 123 Å². The summed E-state index contributed by atoms with van der Waals surface area (Å²) in [7, 11) is -1.97. The number of aliphatic hydroxyl groups excluding tert-OH is 1. The van der Waals surface area contributed by atoms with Gasteiger partial charge in [0.15, 0.2) is 0 Å². The van der Waals surface area contributed by atoms with Gasteiger partial charge < -0.3 is 5.11 Å². The van der Waals surface area contributed by atoms with Gasteiger partial charge in [-0.1, -0.05) is 12.1 Å². The fourth-order valence-corrected chi connectivity index (χ4v) is 3.90. The second-order valence-electron chi connectivity index (χ2n) is 4.59. The molecule has 0 fully saturated rings. The van der Waals surface area contributed by atoms with E-state index in [9.17, 15) is 13.5 Å². The molecule has 0 aliphatic heterocycles. The molecular weight excluding hydrogens is 294 g/mol. The van der Waals surface area contributed by atoms with Crippen LogP contribution in [0.25, 0.3) is 0 Å². The summed E-state index contributed by atoms with van der Waals surface area (Å²) in [5.74, 6) is 0. The first-order valence-corrected chi connectivity index (χ1v) is 8.46. The van der Waals surface area contributed by atoms with Gasteiger partial charge in [0.1, 0.15) is 0 Å². The third-order valence-corrected chi connectivity index (χ3v) is 5.82. The van der Waals surface area contributed by atoms with Crippen LogP contribution in [0.2, 0.25) is 0 Å². The molecule has 0 saturated carbocycles. The van der Waals surface area contributed by atoms with Crippen molar-refractivity contribution in [3.05, 3.63) is 51.7 Å². The molecule has 1 aromatic heterocycles. The van der Waals surface area contributed by atoms with Crippen LogP contribution in [0.3, 0.4) is 0 Å². The molecule has 6 heteroatoms. The van der Waals surface area contributed by atoms with E-state index in [1.54, 1.807) is 19.2 Å². The van der Waals surface area contributed by atoms with Crippen molar-refractivity contribution in [1.29, 1.82) is 0 Å². The van der Waals surface area contributed by atoms with Crippen molar-refractivity contribution in [2.75, 3.05) is 7.05 Å². The Kier molecular flexibility index (Phi) is 4.59. The predicted molar refractivity (Wildman–Crippen MR) is 80.1 cm³/mol. The maximum Gasteiger partial charge on any atom is 0.243 e. The molecule has 1 N–H and O–H groups in total. The lowest BCUT2D eigenvalue weighted by atomic mass is 10.1. The monoisotopic (exact) mass is 311 g/mol. The topological polar surface area (TPSA) is 57.6 Å². The first-order chi connectivity index (χ1) is 9.45. The predicted octanol–water partition coefficient (Wildman–Crippen LogP) is 2.37. The van der Waals surface area contributed by atoms with Gasteiger partial charge in [-0.05, 0) is 41.6 Å². The standard InChI is InChI=1S/C14H17NO3S2/c1-11-5-6-14(8-12(11)10-16)20(17,18)15(2)9-13-4-3-7-19-13/h3-8,16H,9-10H2,1-2H3. The van der Waals surface area contributed by atoms with E-state index in [0.717, 1.165) is 10.4 Å². The first-order valence-electron chi connectivity index (χ1n) is 6.14. The van der Waals surface area contributed by atoms with Crippen molar-refractivity contribution < 1.29 is 13.5 Å². The molecule has 0 radical (unpaired) electrons. The van der Waals surface area contributed by atoms with Crippen LogP contribution in [-0.2, 0) is 23.2 Å². The fraction of sp³-hybridized carbons (Fsp3) is 0.286. The summed E-state index contributed by atoms with van der Waals surface area (Å²) < 4.78 is 26.3. The van der Waals surface area contributed by atoms with Crippen molar-refractivity contribution in [3.63, 3.8) is 0 Å². The van der Waals surface area contributed by atoms with E-state index < -0.39 is 10.0 Å². The zero-order chi connectivity index (χ0) is 14.8. The number of sulfonamides is 1. The van der Waals surface area contributed by atoms with Crippen LogP contribution in [-0.4, -0.2) is 24.9 Å². The molecule has 0 saturated heterocycles. The molecule has 4 nitrogen and oxygen atoms in total. The molecule has 20 heavy (non-hydrogen) atoms. The second kappa shape index (κ2) is 6.05. The maximum atomic E-state index is 12.5. The second-order valence-corrected chi connectivity index (χ2v) is 7.66. The van der Waals surface area contributed by atoms with Crippen molar-refractivity contribution in [3.8, 4) is 0 Å². The van der Waals surface area contributed by atoms with Crippen LogP contribution in [0.5, 0.6) is 0 Å². The number of aliphatic hydroxyl groups is 1. The van der Waals surface area contributed by atoms with Gasteiger partial charge in [-0.15, -0.1) is 11.3 Å². The van der Waals surface area contributed by atoms with Gasteiger partial charge in [-0.3, -0.25) is 0 Å². The molecule has 0 aliphatic carbocycles. The van der Waals surface area contributed by atoms with Crippen LogP contribution >= 0.6 is 11.3 Å². The number of hydrogen-bond donors (Lipinski definition) is 1. The van der Waals surface area contributed by atoms with E-state index in [2.05, 4.69) is 0 Å². The molecular formula is C14H17NO3S2. The van der Waals surface area contributed by atoms with Crippen LogP contribution in [0.1, 0.15) is 16.0 Å². The lowest BCUT2D eigenvalue weighted by molar-refractivity contribution is 0.280. The fourth-order valence-electron chi connectivity index (χ4n) is 1.87. The summed E-state index contributed by atoms with van der Waals surface area (Å²) in [6.07, 6.45) is 0. The highest BCUT2D eigenvalue weighted by atomic mass is 32.2. The summed E-state index contributed by atoms with van der Waals surface area (Å²) >= 11 is 1.53. The zero-order valence-corrected chi connectivity index (χ0v) is 13.0. The van der Waals surface area contributed by atoms with E-state index in [1.165, 1.54) is 21.7 Å². The molecule has 0 unspecified atom stereocenters. The number of rotatable bonds is 5. The van der Waals surface area contributed by atoms with Gasteiger partial charge >= 0.3 is 0 Å². The molecule has 0 spiro atoms. The Morgan fingerprint density at radius 3 is 2.65 bits per heavy atom. The molecule has 108 valence electrons. The quantitative estimate of drug-likeness (QED) is 0.922. The van der Waals surface area contributed by atoms with E-state index in [-0.39, 0.29) is 11.5 Å².